The minimum Gasteiger partial charge on any atom is -0.393 e. The first kappa shape index (κ1) is 11.2. The standard InChI is InChI=1S/C8H6N4.C5H10O/c1-2-9-8-5(1)7-6(3-10-8)11-4-12-7;6-5-3-1-2-4-5/h1-4H,(H,9,10)(H,11,12);5-6H,1-4H2. The van der Waals surface area contributed by atoms with E-state index in [1.165, 1.54) is 12.8 Å². The molecule has 0 atom stereocenters. The van der Waals surface area contributed by atoms with Gasteiger partial charge < -0.3 is 15.1 Å². The fraction of sp³-hybridized carbons (Fsp3) is 0.385. The van der Waals surface area contributed by atoms with Gasteiger partial charge in [0.05, 0.1) is 24.1 Å². The van der Waals surface area contributed by atoms with E-state index < -0.39 is 0 Å². The number of hydrogen-bond donors (Lipinski definition) is 3. The summed E-state index contributed by atoms with van der Waals surface area (Å²) in [5.41, 5.74) is 2.83. The largest absolute Gasteiger partial charge is 0.393 e. The quantitative estimate of drug-likeness (QED) is 0.568. The van der Waals surface area contributed by atoms with Crippen molar-refractivity contribution in [2.24, 2.45) is 0 Å². The van der Waals surface area contributed by atoms with Crippen LogP contribution in [0.4, 0.5) is 0 Å². The molecule has 0 radical (unpaired) electrons. The molecule has 0 spiro atoms. The lowest BCUT2D eigenvalue weighted by Gasteiger charge is -1.91. The fourth-order valence-corrected chi connectivity index (χ4v) is 2.31. The molecule has 94 valence electrons. The minimum atomic E-state index is 0.0463. The van der Waals surface area contributed by atoms with Crippen LogP contribution in [0.5, 0.6) is 0 Å². The highest BCUT2D eigenvalue weighted by atomic mass is 16.3. The Hall–Kier alpha value is -1.88. The summed E-state index contributed by atoms with van der Waals surface area (Å²) in [6.45, 7) is 0. The highest BCUT2D eigenvalue weighted by molar-refractivity contribution is 6.00. The van der Waals surface area contributed by atoms with Gasteiger partial charge in [0, 0.05) is 11.6 Å². The zero-order valence-corrected chi connectivity index (χ0v) is 10.1. The van der Waals surface area contributed by atoms with Gasteiger partial charge in [-0.3, -0.25) is 0 Å². The van der Waals surface area contributed by atoms with E-state index in [2.05, 4.69) is 19.9 Å². The Labute approximate surface area is 104 Å². The molecule has 5 nitrogen and oxygen atoms in total. The van der Waals surface area contributed by atoms with Gasteiger partial charge in [-0.2, -0.15) is 0 Å². The first-order chi connectivity index (χ1) is 8.84. The molecule has 1 fully saturated rings. The Morgan fingerprint density at radius 1 is 1.17 bits per heavy atom. The molecule has 0 aliphatic heterocycles. The molecule has 4 rings (SSSR count). The van der Waals surface area contributed by atoms with Crippen molar-refractivity contribution in [3.05, 3.63) is 24.8 Å². The van der Waals surface area contributed by atoms with E-state index in [1.807, 2.05) is 12.3 Å². The summed E-state index contributed by atoms with van der Waals surface area (Å²) < 4.78 is 0. The van der Waals surface area contributed by atoms with E-state index in [1.54, 1.807) is 12.5 Å². The van der Waals surface area contributed by atoms with Crippen molar-refractivity contribution in [3.63, 3.8) is 0 Å². The second-order valence-corrected chi connectivity index (χ2v) is 4.60. The topological polar surface area (TPSA) is 77.6 Å². The Morgan fingerprint density at radius 2 is 2.00 bits per heavy atom. The van der Waals surface area contributed by atoms with Gasteiger partial charge in [-0.05, 0) is 18.9 Å². The molecule has 0 aromatic carbocycles. The third kappa shape index (κ3) is 2.09. The van der Waals surface area contributed by atoms with E-state index in [0.29, 0.717) is 0 Å². The maximum atomic E-state index is 8.73. The fourth-order valence-electron chi connectivity index (χ4n) is 2.31. The van der Waals surface area contributed by atoms with Crippen molar-refractivity contribution in [1.82, 2.24) is 19.9 Å². The maximum Gasteiger partial charge on any atom is 0.139 e. The molecule has 0 amide bonds. The summed E-state index contributed by atoms with van der Waals surface area (Å²) in [4.78, 5) is 14.5. The summed E-state index contributed by atoms with van der Waals surface area (Å²) in [7, 11) is 0. The lowest BCUT2D eigenvalue weighted by Crippen LogP contribution is -1.94. The number of aliphatic hydroxyl groups is 1. The second kappa shape index (κ2) is 4.78. The summed E-state index contributed by atoms with van der Waals surface area (Å²) in [6.07, 6.45) is 9.93. The Bertz CT molecular complexity index is 587. The highest BCUT2D eigenvalue weighted by Gasteiger charge is 2.09. The smallest absolute Gasteiger partial charge is 0.139 e. The van der Waals surface area contributed by atoms with Crippen molar-refractivity contribution >= 4 is 22.1 Å². The predicted octanol–water partition coefficient (Wildman–Crippen LogP) is 2.36. The second-order valence-electron chi connectivity index (χ2n) is 4.60. The van der Waals surface area contributed by atoms with Gasteiger partial charge in [0.15, 0.2) is 0 Å². The molecule has 1 aliphatic rings. The van der Waals surface area contributed by atoms with Gasteiger partial charge in [-0.1, -0.05) is 12.8 Å². The molecular weight excluding hydrogens is 228 g/mol. The van der Waals surface area contributed by atoms with E-state index in [0.717, 1.165) is 34.9 Å². The summed E-state index contributed by atoms with van der Waals surface area (Å²) in [6, 6.07) is 1.98. The van der Waals surface area contributed by atoms with Crippen LogP contribution in [0.2, 0.25) is 0 Å². The third-order valence-corrected chi connectivity index (χ3v) is 3.30. The van der Waals surface area contributed by atoms with Gasteiger partial charge in [0.25, 0.3) is 0 Å². The molecule has 3 heterocycles. The van der Waals surface area contributed by atoms with Crippen molar-refractivity contribution in [1.29, 1.82) is 0 Å². The summed E-state index contributed by atoms with van der Waals surface area (Å²) in [5.74, 6) is 0. The molecule has 0 unspecified atom stereocenters. The molecule has 0 saturated heterocycles. The van der Waals surface area contributed by atoms with Gasteiger partial charge in [0.2, 0.25) is 0 Å². The van der Waals surface area contributed by atoms with Crippen molar-refractivity contribution in [3.8, 4) is 0 Å². The van der Waals surface area contributed by atoms with Crippen LogP contribution in [0.3, 0.4) is 0 Å². The lowest BCUT2D eigenvalue weighted by molar-refractivity contribution is 0.183. The normalized spacial score (nSPS) is 16.1. The Balaban J connectivity index is 0.000000142. The molecule has 3 aromatic rings. The van der Waals surface area contributed by atoms with E-state index >= 15 is 0 Å². The number of nitrogens with one attached hydrogen (secondary N) is 2. The van der Waals surface area contributed by atoms with Crippen LogP contribution in [0.25, 0.3) is 22.1 Å². The van der Waals surface area contributed by atoms with Gasteiger partial charge >= 0.3 is 0 Å². The monoisotopic (exact) mass is 244 g/mol. The van der Waals surface area contributed by atoms with E-state index in [9.17, 15) is 0 Å². The summed E-state index contributed by atoms with van der Waals surface area (Å²) >= 11 is 0. The Kier molecular flexibility index (Phi) is 2.98. The van der Waals surface area contributed by atoms with Crippen molar-refractivity contribution in [2.75, 3.05) is 0 Å². The van der Waals surface area contributed by atoms with Gasteiger partial charge in [-0.25, -0.2) is 9.97 Å². The molecule has 18 heavy (non-hydrogen) atoms. The van der Waals surface area contributed by atoms with Crippen LogP contribution in [0, 0.1) is 0 Å². The molecular formula is C13H16N4O. The van der Waals surface area contributed by atoms with Crippen LogP contribution in [0.1, 0.15) is 25.7 Å². The number of imidazole rings is 1. The van der Waals surface area contributed by atoms with Crippen LogP contribution in [-0.4, -0.2) is 31.1 Å². The highest BCUT2D eigenvalue weighted by Crippen LogP contribution is 2.18. The van der Waals surface area contributed by atoms with Gasteiger partial charge in [0.1, 0.15) is 11.2 Å². The molecule has 3 aromatic heterocycles. The van der Waals surface area contributed by atoms with Crippen LogP contribution >= 0.6 is 0 Å². The van der Waals surface area contributed by atoms with E-state index in [-0.39, 0.29) is 6.10 Å². The van der Waals surface area contributed by atoms with E-state index in [4.69, 9.17) is 5.11 Å². The number of H-pyrrole nitrogens is 2. The third-order valence-electron chi connectivity index (χ3n) is 3.30. The van der Waals surface area contributed by atoms with Crippen LogP contribution in [0.15, 0.2) is 24.8 Å². The zero-order valence-electron chi connectivity index (χ0n) is 10.1. The average Bonchev–Trinajstić information content (AvgIpc) is 3.09. The Morgan fingerprint density at radius 3 is 2.72 bits per heavy atom. The minimum absolute atomic E-state index is 0.0463. The predicted molar refractivity (Wildman–Crippen MR) is 70.2 cm³/mol. The number of aliphatic hydroxyl groups excluding tert-OH is 1. The zero-order chi connectivity index (χ0) is 12.4. The lowest BCUT2D eigenvalue weighted by atomic mass is 10.3. The molecule has 0 bridgehead atoms. The molecule has 3 N–H and O–H groups in total. The number of nitrogens with zero attached hydrogens (tertiary/aromatic N) is 2. The number of hydrogen-bond acceptors (Lipinski definition) is 3. The number of aromatic amines is 2. The maximum absolute atomic E-state index is 8.73. The van der Waals surface area contributed by atoms with Crippen LogP contribution in [-0.2, 0) is 0 Å². The number of fused-ring (bicyclic) bond motifs is 3. The molecule has 5 heteroatoms. The first-order valence-electron chi connectivity index (χ1n) is 6.28. The van der Waals surface area contributed by atoms with Gasteiger partial charge in [-0.15, -0.1) is 0 Å². The SMILES string of the molecule is OC1CCCC1.c1nc2c(cnc3[nH]ccc32)[nH]1. The first-order valence-corrected chi connectivity index (χ1v) is 6.28. The van der Waals surface area contributed by atoms with Crippen molar-refractivity contribution < 1.29 is 5.11 Å². The molecule has 1 aliphatic carbocycles. The number of rotatable bonds is 0. The average molecular weight is 244 g/mol. The number of aromatic nitrogens is 4. The van der Waals surface area contributed by atoms with Crippen LogP contribution < -0.4 is 0 Å². The number of pyridine rings is 1. The summed E-state index contributed by atoms with van der Waals surface area (Å²) in [5, 5.41) is 9.79. The van der Waals surface area contributed by atoms with Crippen molar-refractivity contribution in [2.45, 2.75) is 31.8 Å². The molecule has 1 saturated carbocycles.